The minimum absolute atomic E-state index is 0.0179. The van der Waals surface area contributed by atoms with Crippen LogP contribution in [-0.4, -0.2) is 34.6 Å². The van der Waals surface area contributed by atoms with Crippen molar-refractivity contribution in [2.24, 2.45) is 0 Å². The molecule has 2 unspecified atom stereocenters. The Balaban J connectivity index is 2.28. The van der Waals surface area contributed by atoms with Crippen molar-refractivity contribution < 1.29 is 14.0 Å². The number of thioether (sulfide) groups is 1. The molecule has 0 radical (unpaired) electrons. The van der Waals surface area contributed by atoms with E-state index in [1.165, 1.54) is 23.9 Å². The van der Waals surface area contributed by atoms with Gasteiger partial charge in [-0.3, -0.25) is 9.59 Å². The minimum Gasteiger partial charge on any atom is -0.352 e. The Labute approximate surface area is 134 Å². The molecule has 1 aliphatic heterocycles. The summed E-state index contributed by atoms with van der Waals surface area (Å²) in [6.07, 6.45) is 0.317. The van der Waals surface area contributed by atoms with Gasteiger partial charge in [0.05, 0.1) is 0 Å². The SMILES string of the molecule is CCC(=O)N1C(C(=O)NC(C)C)CSC1c1cccc(F)c1. The Morgan fingerprint density at radius 2 is 2.18 bits per heavy atom. The van der Waals surface area contributed by atoms with Crippen molar-refractivity contribution in [3.63, 3.8) is 0 Å². The van der Waals surface area contributed by atoms with E-state index in [4.69, 9.17) is 0 Å². The van der Waals surface area contributed by atoms with Gasteiger partial charge in [-0.25, -0.2) is 4.39 Å². The molecule has 1 aliphatic rings. The first-order chi connectivity index (χ1) is 10.4. The number of nitrogens with one attached hydrogen (secondary N) is 1. The van der Waals surface area contributed by atoms with Crippen LogP contribution in [0.15, 0.2) is 24.3 Å². The predicted octanol–water partition coefficient (Wildman–Crippen LogP) is 2.70. The zero-order valence-electron chi connectivity index (χ0n) is 13.0. The number of nitrogens with zero attached hydrogens (tertiary/aromatic N) is 1. The van der Waals surface area contributed by atoms with Gasteiger partial charge in [0.15, 0.2) is 0 Å². The summed E-state index contributed by atoms with van der Waals surface area (Å²) in [5.41, 5.74) is 0.714. The molecule has 1 saturated heterocycles. The van der Waals surface area contributed by atoms with Crippen molar-refractivity contribution >= 4 is 23.6 Å². The highest BCUT2D eigenvalue weighted by molar-refractivity contribution is 7.99. The normalized spacial score (nSPS) is 21.2. The second-order valence-corrected chi connectivity index (χ2v) is 6.69. The van der Waals surface area contributed by atoms with Gasteiger partial charge in [0.25, 0.3) is 0 Å². The summed E-state index contributed by atoms with van der Waals surface area (Å²) < 4.78 is 13.5. The van der Waals surface area contributed by atoms with E-state index in [1.807, 2.05) is 13.8 Å². The summed E-state index contributed by atoms with van der Waals surface area (Å²) in [4.78, 5) is 26.3. The standard InChI is InChI=1S/C16H21FN2O2S/c1-4-14(20)19-13(15(21)18-10(2)3)9-22-16(19)11-6-5-7-12(17)8-11/h5-8,10,13,16H,4,9H2,1-3H3,(H,18,21). The number of carbonyl (C=O) groups is 2. The van der Waals surface area contributed by atoms with Gasteiger partial charge in [-0.1, -0.05) is 19.1 Å². The fourth-order valence-electron chi connectivity index (χ4n) is 2.49. The highest BCUT2D eigenvalue weighted by atomic mass is 32.2. The van der Waals surface area contributed by atoms with Gasteiger partial charge in [-0.15, -0.1) is 11.8 Å². The number of benzene rings is 1. The third-order valence-corrected chi connectivity index (χ3v) is 4.78. The number of amides is 2. The molecule has 6 heteroatoms. The largest absolute Gasteiger partial charge is 0.352 e. The van der Waals surface area contributed by atoms with Crippen LogP contribution in [0.5, 0.6) is 0 Å². The van der Waals surface area contributed by atoms with Gasteiger partial charge in [0, 0.05) is 18.2 Å². The summed E-state index contributed by atoms with van der Waals surface area (Å²) in [6, 6.07) is 5.73. The quantitative estimate of drug-likeness (QED) is 0.926. The lowest BCUT2D eigenvalue weighted by molar-refractivity contribution is -0.139. The molecule has 0 bridgehead atoms. The molecule has 0 spiro atoms. The first-order valence-corrected chi connectivity index (χ1v) is 8.47. The van der Waals surface area contributed by atoms with Crippen LogP contribution in [0.4, 0.5) is 4.39 Å². The number of hydrogen-bond acceptors (Lipinski definition) is 3. The molecule has 0 aromatic heterocycles. The van der Waals surface area contributed by atoms with Crippen LogP contribution in [0.25, 0.3) is 0 Å². The van der Waals surface area contributed by atoms with E-state index in [0.29, 0.717) is 17.7 Å². The van der Waals surface area contributed by atoms with E-state index in [-0.39, 0.29) is 29.0 Å². The van der Waals surface area contributed by atoms with Crippen molar-refractivity contribution in [2.45, 2.75) is 44.6 Å². The van der Waals surface area contributed by atoms with E-state index in [2.05, 4.69) is 5.32 Å². The lowest BCUT2D eigenvalue weighted by atomic mass is 10.1. The average molecular weight is 324 g/mol. The van der Waals surface area contributed by atoms with Gasteiger partial charge < -0.3 is 10.2 Å². The summed E-state index contributed by atoms with van der Waals surface area (Å²) in [5, 5.41) is 2.54. The van der Waals surface area contributed by atoms with Crippen LogP contribution in [0.2, 0.25) is 0 Å². The minimum atomic E-state index is -0.506. The Bertz CT molecular complexity index is 565. The van der Waals surface area contributed by atoms with Gasteiger partial charge >= 0.3 is 0 Å². The highest BCUT2D eigenvalue weighted by Gasteiger charge is 2.41. The number of halogens is 1. The molecule has 1 heterocycles. The van der Waals surface area contributed by atoms with Crippen molar-refractivity contribution in [1.82, 2.24) is 10.2 Å². The molecule has 2 amide bonds. The predicted molar refractivity (Wildman–Crippen MR) is 85.8 cm³/mol. The molecule has 1 aromatic carbocycles. The van der Waals surface area contributed by atoms with Crippen LogP contribution >= 0.6 is 11.8 Å². The van der Waals surface area contributed by atoms with E-state index in [0.717, 1.165) is 0 Å². The maximum absolute atomic E-state index is 13.5. The lowest BCUT2D eigenvalue weighted by Crippen LogP contribution is -2.49. The summed E-state index contributed by atoms with van der Waals surface area (Å²) in [7, 11) is 0. The van der Waals surface area contributed by atoms with Crippen LogP contribution in [0.1, 0.15) is 38.1 Å². The van der Waals surface area contributed by atoms with Crippen LogP contribution < -0.4 is 5.32 Å². The van der Waals surface area contributed by atoms with Gasteiger partial charge in [-0.2, -0.15) is 0 Å². The lowest BCUT2D eigenvalue weighted by Gasteiger charge is -2.29. The summed E-state index contributed by atoms with van der Waals surface area (Å²) in [6.45, 7) is 5.54. The maximum atomic E-state index is 13.5. The number of carbonyl (C=O) groups excluding carboxylic acids is 2. The fraction of sp³-hybridized carbons (Fsp3) is 0.500. The van der Waals surface area contributed by atoms with Crippen LogP contribution in [-0.2, 0) is 9.59 Å². The molecular formula is C16H21FN2O2S. The third kappa shape index (κ3) is 3.61. The van der Waals surface area contributed by atoms with Crippen molar-refractivity contribution in [1.29, 1.82) is 0 Å². The zero-order chi connectivity index (χ0) is 16.3. The Kier molecular flexibility index (Phi) is 5.45. The summed E-state index contributed by atoms with van der Waals surface area (Å²) >= 11 is 1.50. The number of rotatable bonds is 4. The Morgan fingerprint density at radius 3 is 2.77 bits per heavy atom. The Hall–Kier alpha value is -1.56. The molecule has 22 heavy (non-hydrogen) atoms. The monoisotopic (exact) mass is 324 g/mol. The topological polar surface area (TPSA) is 49.4 Å². The van der Waals surface area contributed by atoms with E-state index < -0.39 is 6.04 Å². The molecule has 0 saturated carbocycles. The van der Waals surface area contributed by atoms with Crippen molar-refractivity contribution in [2.75, 3.05) is 5.75 Å². The Morgan fingerprint density at radius 1 is 1.45 bits per heavy atom. The van der Waals surface area contributed by atoms with Crippen LogP contribution in [0.3, 0.4) is 0 Å². The maximum Gasteiger partial charge on any atom is 0.243 e. The fourth-order valence-corrected chi connectivity index (χ4v) is 3.93. The first kappa shape index (κ1) is 16.8. The average Bonchev–Trinajstić information content (AvgIpc) is 2.90. The molecule has 2 rings (SSSR count). The molecule has 120 valence electrons. The second-order valence-electron chi connectivity index (χ2n) is 5.57. The van der Waals surface area contributed by atoms with Crippen LogP contribution in [0, 0.1) is 5.82 Å². The van der Waals surface area contributed by atoms with E-state index >= 15 is 0 Å². The smallest absolute Gasteiger partial charge is 0.243 e. The van der Waals surface area contributed by atoms with Crippen molar-refractivity contribution in [3.05, 3.63) is 35.6 Å². The zero-order valence-corrected chi connectivity index (χ0v) is 13.8. The summed E-state index contributed by atoms with van der Waals surface area (Å²) in [5.74, 6) is -0.0608. The molecule has 4 nitrogen and oxygen atoms in total. The molecule has 0 aliphatic carbocycles. The van der Waals surface area contributed by atoms with E-state index in [9.17, 15) is 14.0 Å². The van der Waals surface area contributed by atoms with E-state index in [1.54, 1.807) is 24.0 Å². The van der Waals surface area contributed by atoms with Gasteiger partial charge in [-0.05, 0) is 31.5 Å². The first-order valence-electron chi connectivity index (χ1n) is 7.42. The molecule has 2 atom stereocenters. The van der Waals surface area contributed by atoms with Gasteiger partial charge in [0.1, 0.15) is 17.2 Å². The molecular weight excluding hydrogens is 303 g/mol. The second kappa shape index (κ2) is 7.13. The third-order valence-electron chi connectivity index (χ3n) is 3.46. The highest BCUT2D eigenvalue weighted by Crippen LogP contribution is 2.41. The van der Waals surface area contributed by atoms with Gasteiger partial charge in [0.2, 0.25) is 11.8 Å². The number of hydrogen-bond donors (Lipinski definition) is 1. The van der Waals surface area contributed by atoms with Crippen molar-refractivity contribution in [3.8, 4) is 0 Å². The molecule has 1 fully saturated rings. The molecule has 1 N–H and O–H groups in total. The molecule has 1 aromatic rings.